The van der Waals surface area contributed by atoms with E-state index in [2.05, 4.69) is 4.98 Å². The van der Waals surface area contributed by atoms with Gasteiger partial charge in [0.25, 0.3) is 5.56 Å². The molecule has 0 saturated carbocycles. The van der Waals surface area contributed by atoms with Crippen molar-refractivity contribution < 1.29 is 9.90 Å². The molecule has 0 aliphatic rings. The normalized spacial score (nSPS) is 11.3. The van der Waals surface area contributed by atoms with E-state index in [-0.39, 0.29) is 0 Å². The fraction of sp³-hybridized carbons (Fsp3) is 0.375. The van der Waals surface area contributed by atoms with Crippen LogP contribution in [-0.2, 0) is 10.3 Å². The molecule has 0 aromatic carbocycles. The van der Waals surface area contributed by atoms with Crippen LogP contribution < -0.4 is 11.2 Å². The average Bonchev–Trinajstić information content (AvgIpc) is 2.02. The second-order valence-corrected chi connectivity index (χ2v) is 3.32. The molecule has 6 nitrogen and oxygen atoms in total. The molecule has 0 atom stereocenters. The first kappa shape index (κ1) is 10.2. The van der Waals surface area contributed by atoms with Gasteiger partial charge in [0.05, 0.1) is 0 Å². The number of carboxylic acids is 1. The van der Waals surface area contributed by atoms with Crippen molar-refractivity contribution >= 4 is 5.97 Å². The van der Waals surface area contributed by atoms with Gasteiger partial charge in [-0.25, -0.2) is 14.2 Å². The summed E-state index contributed by atoms with van der Waals surface area (Å²) in [5.41, 5.74) is -2.92. The minimum atomic E-state index is -1.55. The van der Waals surface area contributed by atoms with Gasteiger partial charge in [-0.3, -0.25) is 4.79 Å². The topological polar surface area (TPSA) is 92.2 Å². The number of carboxylic acid groups (broad SMARTS) is 1. The van der Waals surface area contributed by atoms with Crippen LogP contribution >= 0.6 is 0 Å². The number of hydrogen-bond donors (Lipinski definition) is 2. The number of hydrogen-bond acceptors (Lipinski definition) is 3. The van der Waals surface area contributed by atoms with Crippen LogP contribution in [-0.4, -0.2) is 20.6 Å². The van der Waals surface area contributed by atoms with Crippen LogP contribution in [0.3, 0.4) is 0 Å². The second kappa shape index (κ2) is 3.13. The van der Waals surface area contributed by atoms with E-state index in [4.69, 9.17) is 5.11 Å². The lowest BCUT2D eigenvalue weighted by Gasteiger charge is -2.20. The average molecular weight is 198 g/mol. The van der Waals surface area contributed by atoms with Crippen LogP contribution in [0.25, 0.3) is 0 Å². The quantitative estimate of drug-likeness (QED) is 0.660. The lowest BCUT2D eigenvalue weighted by molar-refractivity contribution is -0.146. The van der Waals surface area contributed by atoms with E-state index in [1.165, 1.54) is 20.0 Å². The molecule has 0 fully saturated rings. The molecule has 0 aliphatic heterocycles. The summed E-state index contributed by atoms with van der Waals surface area (Å²) >= 11 is 0. The first-order valence-electron chi connectivity index (χ1n) is 3.92. The van der Waals surface area contributed by atoms with Crippen LogP contribution in [0, 0.1) is 0 Å². The number of aromatic amines is 1. The summed E-state index contributed by atoms with van der Waals surface area (Å²) in [5, 5.41) is 8.83. The number of nitrogens with one attached hydrogen (secondary N) is 1. The van der Waals surface area contributed by atoms with E-state index in [0.717, 1.165) is 6.07 Å². The maximum absolute atomic E-state index is 11.3. The van der Waals surface area contributed by atoms with E-state index in [1.807, 2.05) is 0 Å². The molecule has 0 unspecified atom stereocenters. The first-order valence-corrected chi connectivity index (χ1v) is 3.92. The molecular weight excluding hydrogens is 188 g/mol. The van der Waals surface area contributed by atoms with Crippen molar-refractivity contribution in [2.75, 3.05) is 0 Å². The van der Waals surface area contributed by atoms with Gasteiger partial charge < -0.3 is 10.1 Å². The van der Waals surface area contributed by atoms with Gasteiger partial charge >= 0.3 is 11.7 Å². The molecule has 6 heteroatoms. The molecule has 1 aromatic rings. The highest BCUT2D eigenvalue weighted by Crippen LogP contribution is 2.08. The molecule has 0 radical (unpaired) electrons. The van der Waals surface area contributed by atoms with E-state index < -0.39 is 22.8 Å². The van der Waals surface area contributed by atoms with E-state index in [0.29, 0.717) is 4.57 Å². The Labute approximate surface area is 78.8 Å². The van der Waals surface area contributed by atoms with Gasteiger partial charge in [0, 0.05) is 12.3 Å². The number of aromatic nitrogens is 2. The Balaban J connectivity index is 3.55. The zero-order valence-electron chi connectivity index (χ0n) is 7.77. The van der Waals surface area contributed by atoms with Gasteiger partial charge in [-0.05, 0) is 13.8 Å². The third-order valence-electron chi connectivity index (χ3n) is 1.94. The Hall–Kier alpha value is -1.85. The predicted octanol–water partition coefficient (Wildman–Crippen LogP) is -0.644. The van der Waals surface area contributed by atoms with Crippen LogP contribution in [0.1, 0.15) is 13.8 Å². The number of H-pyrrole nitrogens is 1. The molecular formula is C8H10N2O4. The fourth-order valence-corrected chi connectivity index (χ4v) is 1.05. The number of rotatable bonds is 2. The van der Waals surface area contributed by atoms with Gasteiger partial charge in [-0.2, -0.15) is 0 Å². The Morgan fingerprint density at radius 2 is 2.07 bits per heavy atom. The van der Waals surface area contributed by atoms with Gasteiger partial charge in [0.2, 0.25) is 0 Å². The molecule has 0 aliphatic carbocycles. The predicted molar refractivity (Wildman–Crippen MR) is 48.3 cm³/mol. The molecule has 2 N–H and O–H groups in total. The van der Waals surface area contributed by atoms with Crippen LogP contribution in [0.5, 0.6) is 0 Å². The van der Waals surface area contributed by atoms with E-state index in [9.17, 15) is 14.4 Å². The van der Waals surface area contributed by atoms with Crippen molar-refractivity contribution in [3.05, 3.63) is 33.1 Å². The van der Waals surface area contributed by atoms with Crippen molar-refractivity contribution in [2.45, 2.75) is 19.4 Å². The van der Waals surface area contributed by atoms with Crippen LogP contribution in [0.2, 0.25) is 0 Å². The van der Waals surface area contributed by atoms with E-state index in [1.54, 1.807) is 0 Å². The third-order valence-corrected chi connectivity index (χ3v) is 1.94. The van der Waals surface area contributed by atoms with Crippen molar-refractivity contribution in [3.8, 4) is 0 Å². The van der Waals surface area contributed by atoms with Gasteiger partial charge in [-0.1, -0.05) is 0 Å². The Kier molecular flexibility index (Phi) is 2.29. The Bertz CT molecular complexity index is 440. The van der Waals surface area contributed by atoms with Gasteiger partial charge in [0.1, 0.15) is 5.54 Å². The molecule has 0 amide bonds. The second-order valence-electron chi connectivity index (χ2n) is 3.32. The zero-order valence-corrected chi connectivity index (χ0v) is 7.77. The summed E-state index contributed by atoms with van der Waals surface area (Å²) < 4.78 is 0.662. The highest BCUT2D eigenvalue weighted by atomic mass is 16.4. The molecule has 1 heterocycles. The minimum Gasteiger partial charge on any atom is -0.480 e. The lowest BCUT2D eigenvalue weighted by Crippen LogP contribution is -2.50. The highest BCUT2D eigenvalue weighted by Gasteiger charge is 2.31. The van der Waals surface area contributed by atoms with Crippen LogP contribution in [0.15, 0.2) is 21.9 Å². The molecule has 0 saturated heterocycles. The molecule has 0 spiro atoms. The smallest absolute Gasteiger partial charge is 0.329 e. The third kappa shape index (κ3) is 1.46. The molecule has 1 aromatic heterocycles. The SMILES string of the molecule is CC(C)(C(=O)O)n1c(=O)cc[nH]c1=O. The summed E-state index contributed by atoms with van der Waals surface area (Å²) in [6.45, 7) is 2.57. The summed E-state index contributed by atoms with van der Waals surface area (Å²) in [6, 6.07) is 1.10. The summed E-state index contributed by atoms with van der Waals surface area (Å²) in [6.07, 6.45) is 1.18. The van der Waals surface area contributed by atoms with Crippen LogP contribution in [0.4, 0.5) is 0 Å². The lowest BCUT2D eigenvalue weighted by atomic mass is 10.1. The molecule has 0 bridgehead atoms. The van der Waals surface area contributed by atoms with Gasteiger partial charge in [-0.15, -0.1) is 0 Å². The maximum Gasteiger partial charge on any atom is 0.329 e. The summed E-state index contributed by atoms with van der Waals surface area (Å²) in [7, 11) is 0. The minimum absolute atomic E-state index is 0.638. The largest absolute Gasteiger partial charge is 0.480 e. The van der Waals surface area contributed by atoms with E-state index >= 15 is 0 Å². The Morgan fingerprint density at radius 3 is 2.50 bits per heavy atom. The summed E-state index contributed by atoms with van der Waals surface area (Å²) in [4.78, 5) is 35.6. The molecule has 76 valence electrons. The first-order chi connectivity index (χ1) is 6.37. The number of aliphatic carboxylic acids is 1. The highest BCUT2D eigenvalue weighted by molar-refractivity contribution is 5.75. The van der Waals surface area contributed by atoms with Gasteiger partial charge in [0.15, 0.2) is 0 Å². The number of nitrogens with zero attached hydrogens (tertiary/aromatic N) is 1. The van der Waals surface area contributed by atoms with Crippen molar-refractivity contribution in [1.29, 1.82) is 0 Å². The molecule has 1 rings (SSSR count). The summed E-state index contributed by atoms with van der Waals surface area (Å²) in [5.74, 6) is -1.24. The Morgan fingerprint density at radius 1 is 1.50 bits per heavy atom. The zero-order chi connectivity index (χ0) is 10.9. The fourth-order valence-electron chi connectivity index (χ4n) is 1.05. The van der Waals surface area contributed by atoms with Crippen molar-refractivity contribution in [1.82, 2.24) is 9.55 Å². The standard InChI is InChI=1S/C8H10N2O4/c1-8(2,6(12)13)10-5(11)3-4-9-7(10)14/h3-4H,1-2H3,(H,9,14)(H,12,13). The van der Waals surface area contributed by atoms with Crippen molar-refractivity contribution in [3.63, 3.8) is 0 Å². The monoisotopic (exact) mass is 198 g/mol. The molecule has 14 heavy (non-hydrogen) atoms. The van der Waals surface area contributed by atoms with Crippen molar-refractivity contribution in [2.24, 2.45) is 0 Å². The maximum atomic E-state index is 11.3. The number of carbonyl (C=O) groups is 1.